The molecule has 0 atom stereocenters. The SMILES string of the molecule is Oc1cc2c(cc1O)CC=NC=C2. The quantitative estimate of drug-likeness (QED) is 0.589. The molecule has 0 spiro atoms. The molecule has 0 bridgehead atoms. The summed E-state index contributed by atoms with van der Waals surface area (Å²) < 4.78 is 0. The topological polar surface area (TPSA) is 52.8 Å². The van der Waals surface area contributed by atoms with Crippen molar-refractivity contribution in [1.82, 2.24) is 0 Å². The third-order valence-corrected chi connectivity index (χ3v) is 1.99. The number of hydrogen-bond acceptors (Lipinski definition) is 3. The van der Waals surface area contributed by atoms with Crippen molar-refractivity contribution in [2.24, 2.45) is 4.99 Å². The van der Waals surface area contributed by atoms with Crippen LogP contribution in [0, 0.1) is 0 Å². The number of benzene rings is 1. The summed E-state index contributed by atoms with van der Waals surface area (Å²) in [6.45, 7) is 0. The molecule has 1 aromatic rings. The van der Waals surface area contributed by atoms with E-state index in [0.29, 0.717) is 6.42 Å². The van der Waals surface area contributed by atoms with Crippen LogP contribution >= 0.6 is 0 Å². The molecule has 1 aliphatic rings. The molecule has 0 radical (unpaired) electrons. The fourth-order valence-electron chi connectivity index (χ4n) is 1.30. The Labute approximate surface area is 75.7 Å². The van der Waals surface area contributed by atoms with Crippen LogP contribution in [0.5, 0.6) is 11.5 Å². The maximum absolute atomic E-state index is 9.25. The number of aromatic hydroxyl groups is 2. The van der Waals surface area contributed by atoms with Crippen LogP contribution in [0.1, 0.15) is 11.1 Å². The Bertz CT molecular complexity index is 394. The maximum Gasteiger partial charge on any atom is 0.158 e. The van der Waals surface area contributed by atoms with E-state index in [4.69, 9.17) is 0 Å². The standard InChI is InChI=1S/C10H9NO2/c12-9-5-7-1-3-11-4-2-8(7)6-10(9)13/h1,3-6,12-13H,2H2. The molecule has 1 aliphatic heterocycles. The molecule has 0 aromatic heterocycles. The molecule has 2 N–H and O–H groups in total. The van der Waals surface area contributed by atoms with Gasteiger partial charge in [-0.15, -0.1) is 0 Å². The first kappa shape index (κ1) is 7.86. The van der Waals surface area contributed by atoms with Crippen LogP contribution in [0.3, 0.4) is 0 Å². The first-order chi connectivity index (χ1) is 6.27. The Kier molecular flexibility index (Phi) is 1.77. The van der Waals surface area contributed by atoms with Crippen molar-refractivity contribution >= 4 is 12.3 Å². The molecule has 1 aromatic carbocycles. The highest BCUT2D eigenvalue weighted by Crippen LogP contribution is 2.29. The number of phenols is 2. The number of hydrogen-bond donors (Lipinski definition) is 2. The molecule has 0 fully saturated rings. The summed E-state index contributed by atoms with van der Waals surface area (Å²) in [5, 5.41) is 18.5. The third kappa shape index (κ3) is 1.40. The maximum atomic E-state index is 9.25. The van der Waals surface area contributed by atoms with Gasteiger partial charge in [0.05, 0.1) is 0 Å². The van der Waals surface area contributed by atoms with E-state index in [1.807, 2.05) is 0 Å². The Morgan fingerprint density at radius 1 is 1.15 bits per heavy atom. The first-order valence-electron chi connectivity index (χ1n) is 4.00. The van der Waals surface area contributed by atoms with Gasteiger partial charge in [-0.05, 0) is 29.3 Å². The van der Waals surface area contributed by atoms with Gasteiger partial charge in [0, 0.05) is 18.8 Å². The Morgan fingerprint density at radius 3 is 2.77 bits per heavy atom. The molecule has 3 nitrogen and oxygen atoms in total. The molecular formula is C10H9NO2. The minimum Gasteiger partial charge on any atom is -0.504 e. The lowest BCUT2D eigenvalue weighted by Gasteiger charge is -2.04. The molecule has 0 saturated carbocycles. The molecule has 0 saturated heterocycles. The number of phenolic OH excluding ortho intramolecular Hbond substituents is 2. The third-order valence-electron chi connectivity index (χ3n) is 1.99. The fourth-order valence-corrected chi connectivity index (χ4v) is 1.30. The van der Waals surface area contributed by atoms with Gasteiger partial charge in [-0.3, -0.25) is 4.99 Å². The summed E-state index contributed by atoms with van der Waals surface area (Å²) in [7, 11) is 0. The van der Waals surface area contributed by atoms with Crippen molar-refractivity contribution < 1.29 is 10.2 Å². The predicted octanol–water partition coefficient (Wildman–Crippen LogP) is 1.70. The highest BCUT2D eigenvalue weighted by atomic mass is 16.3. The first-order valence-corrected chi connectivity index (χ1v) is 4.00. The van der Waals surface area contributed by atoms with Crippen LogP contribution in [0.15, 0.2) is 23.3 Å². The zero-order valence-corrected chi connectivity index (χ0v) is 6.94. The Morgan fingerprint density at radius 2 is 1.92 bits per heavy atom. The highest BCUT2D eigenvalue weighted by molar-refractivity contribution is 5.71. The van der Waals surface area contributed by atoms with E-state index in [1.54, 1.807) is 24.6 Å². The van der Waals surface area contributed by atoms with Crippen molar-refractivity contribution in [2.75, 3.05) is 0 Å². The van der Waals surface area contributed by atoms with Crippen molar-refractivity contribution in [3.63, 3.8) is 0 Å². The van der Waals surface area contributed by atoms with Gasteiger partial charge in [-0.25, -0.2) is 0 Å². The van der Waals surface area contributed by atoms with Crippen LogP contribution in [-0.2, 0) is 6.42 Å². The van der Waals surface area contributed by atoms with Crippen molar-refractivity contribution in [2.45, 2.75) is 6.42 Å². The summed E-state index contributed by atoms with van der Waals surface area (Å²) in [6, 6.07) is 3.10. The second kappa shape index (κ2) is 2.94. The van der Waals surface area contributed by atoms with E-state index < -0.39 is 0 Å². The van der Waals surface area contributed by atoms with Crippen molar-refractivity contribution in [1.29, 1.82) is 0 Å². The molecule has 0 unspecified atom stereocenters. The Balaban J connectivity index is 2.58. The van der Waals surface area contributed by atoms with E-state index in [1.165, 1.54) is 6.07 Å². The van der Waals surface area contributed by atoms with Gasteiger partial charge in [0.25, 0.3) is 0 Å². The molecule has 66 valence electrons. The number of rotatable bonds is 0. The minimum atomic E-state index is -0.0923. The predicted molar refractivity (Wildman–Crippen MR) is 51.0 cm³/mol. The monoisotopic (exact) mass is 175 g/mol. The van der Waals surface area contributed by atoms with Gasteiger partial charge in [0.15, 0.2) is 11.5 Å². The summed E-state index contributed by atoms with van der Waals surface area (Å²) >= 11 is 0. The zero-order chi connectivity index (χ0) is 9.26. The second-order valence-electron chi connectivity index (χ2n) is 2.89. The molecule has 0 amide bonds. The van der Waals surface area contributed by atoms with Gasteiger partial charge >= 0.3 is 0 Å². The van der Waals surface area contributed by atoms with Crippen LogP contribution in [0.25, 0.3) is 6.08 Å². The molecule has 0 aliphatic carbocycles. The van der Waals surface area contributed by atoms with Gasteiger partial charge in [0.2, 0.25) is 0 Å². The smallest absolute Gasteiger partial charge is 0.158 e. The van der Waals surface area contributed by atoms with E-state index in [-0.39, 0.29) is 11.5 Å². The van der Waals surface area contributed by atoms with Gasteiger partial charge < -0.3 is 10.2 Å². The average Bonchev–Trinajstić information content (AvgIpc) is 2.31. The number of aliphatic imine (C=N–C) groups is 1. The van der Waals surface area contributed by atoms with Crippen molar-refractivity contribution in [3.8, 4) is 11.5 Å². The fraction of sp³-hybridized carbons (Fsp3) is 0.100. The lowest BCUT2D eigenvalue weighted by Crippen LogP contribution is -1.88. The van der Waals surface area contributed by atoms with E-state index in [0.717, 1.165) is 11.1 Å². The zero-order valence-electron chi connectivity index (χ0n) is 6.94. The molecule has 3 heteroatoms. The molecular weight excluding hydrogens is 166 g/mol. The lowest BCUT2D eigenvalue weighted by molar-refractivity contribution is 0.403. The van der Waals surface area contributed by atoms with Gasteiger partial charge in [-0.2, -0.15) is 0 Å². The van der Waals surface area contributed by atoms with E-state index in [9.17, 15) is 10.2 Å². The van der Waals surface area contributed by atoms with Crippen LogP contribution < -0.4 is 0 Å². The Hall–Kier alpha value is -1.77. The molecule has 13 heavy (non-hydrogen) atoms. The van der Waals surface area contributed by atoms with Crippen LogP contribution in [0.2, 0.25) is 0 Å². The molecule has 1 heterocycles. The average molecular weight is 175 g/mol. The summed E-state index contributed by atoms with van der Waals surface area (Å²) in [5.41, 5.74) is 1.86. The lowest BCUT2D eigenvalue weighted by atomic mass is 10.0. The summed E-state index contributed by atoms with van der Waals surface area (Å²) in [6.07, 6.45) is 5.91. The van der Waals surface area contributed by atoms with Crippen molar-refractivity contribution in [3.05, 3.63) is 29.5 Å². The van der Waals surface area contributed by atoms with Gasteiger partial charge in [0.1, 0.15) is 0 Å². The summed E-state index contributed by atoms with van der Waals surface area (Å²) in [4.78, 5) is 3.98. The van der Waals surface area contributed by atoms with Gasteiger partial charge in [-0.1, -0.05) is 0 Å². The summed E-state index contributed by atoms with van der Waals surface area (Å²) in [5.74, 6) is -0.173. The van der Waals surface area contributed by atoms with E-state index in [2.05, 4.69) is 4.99 Å². The number of nitrogens with zero attached hydrogens (tertiary/aromatic N) is 1. The van der Waals surface area contributed by atoms with Crippen LogP contribution in [0.4, 0.5) is 0 Å². The minimum absolute atomic E-state index is 0.0811. The number of fused-ring (bicyclic) bond motifs is 1. The van der Waals surface area contributed by atoms with Crippen LogP contribution in [-0.4, -0.2) is 16.4 Å². The normalized spacial score (nSPS) is 13.8. The molecule has 2 rings (SSSR count). The highest BCUT2D eigenvalue weighted by Gasteiger charge is 2.06. The second-order valence-corrected chi connectivity index (χ2v) is 2.89. The largest absolute Gasteiger partial charge is 0.504 e. The van der Waals surface area contributed by atoms with E-state index >= 15 is 0 Å².